The summed E-state index contributed by atoms with van der Waals surface area (Å²) >= 11 is 20.6. The zero-order chi connectivity index (χ0) is 17.3. The summed E-state index contributed by atoms with van der Waals surface area (Å²) < 4.78 is 15.7. The van der Waals surface area contributed by atoms with Crippen LogP contribution in [0, 0.1) is 0 Å². The van der Waals surface area contributed by atoms with Crippen molar-refractivity contribution in [2.75, 3.05) is 7.11 Å². The number of ether oxygens (including phenoxy) is 2. The van der Waals surface area contributed by atoms with Gasteiger partial charge in [-0.25, -0.2) is 0 Å². The van der Waals surface area contributed by atoms with Gasteiger partial charge < -0.3 is 9.47 Å². The molecule has 0 saturated carbocycles. The second kappa shape index (κ2) is 8.31. The number of hydrogen-bond acceptors (Lipinski definition) is 3. The van der Waals surface area contributed by atoms with Gasteiger partial charge in [0.2, 0.25) is 0 Å². The van der Waals surface area contributed by atoms with Gasteiger partial charge in [-0.3, -0.25) is 4.79 Å². The molecule has 0 heterocycles. The molecule has 23 heavy (non-hydrogen) atoms. The lowest BCUT2D eigenvalue weighted by Crippen LogP contribution is -1.97. The lowest BCUT2D eigenvalue weighted by molar-refractivity contribution is 0.112. The van der Waals surface area contributed by atoms with E-state index in [1.54, 1.807) is 12.1 Å². The first kappa shape index (κ1) is 19.9. The average molecular weight is 702 g/mol. The third-order valence-corrected chi connectivity index (χ3v) is 8.58. The lowest BCUT2D eigenvalue weighted by Gasteiger charge is -2.18. The summed E-state index contributed by atoms with van der Waals surface area (Å²) in [7, 11) is 1.54. The highest BCUT2D eigenvalue weighted by atomic mass is 79.9. The topological polar surface area (TPSA) is 35.5 Å². The molecule has 2 aromatic rings. The molecule has 0 aliphatic rings. The van der Waals surface area contributed by atoms with Crippen LogP contribution in [-0.4, -0.2) is 13.4 Å². The van der Waals surface area contributed by atoms with E-state index in [4.69, 9.17) is 9.47 Å². The molecule has 0 unspecified atom stereocenters. The first-order valence-corrected chi connectivity index (χ1v) is 10.6. The molecule has 0 amide bonds. The number of benzene rings is 2. The Morgan fingerprint density at radius 1 is 0.870 bits per heavy atom. The molecular weight excluding hydrogens is 696 g/mol. The van der Waals surface area contributed by atoms with Crippen molar-refractivity contribution in [2.24, 2.45) is 0 Å². The van der Waals surface area contributed by atoms with Gasteiger partial charge in [-0.05, 0) is 91.8 Å². The van der Waals surface area contributed by atoms with Crippen LogP contribution in [0.25, 0.3) is 0 Å². The van der Waals surface area contributed by atoms with Crippen LogP contribution in [-0.2, 0) is 0 Å². The predicted octanol–water partition coefficient (Wildman–Crippen LogP) is 7.88. The Morgan fingerprint density at radius 2 is 1.43 bits per heavy atom. The van der Waals surface area contributed by atoms with Gasteiger partial charge in [0.15, 0.2) is 17.8 Å². The maximum Gasteiger partial charge on any atom is 0.185 e. The fourth-order valence-electron chi connectivity index (χ4n) is 1.73. The first-order valence-electron chi connectivity index (χ1n) is 5.83. The van der Waals surface area contributed by atoms with Gasteiger partial charge in [-0.1, -0.05) is 15.9 Å². The number of carbonyl (C=O) groups excluding carboxylic acids is 1. The fourth-order valence-corrected chi connectivity index (χ4v) is 5.30. The zero-order valence-corrected chi connectivity index (χ0v) is 20.7. The van der Waals surface area contributed by atoms with Crippen molar-refractivity contribution >= 4 is 102 Å². The van der Waals surface area contributed by atoms with Crippen molar-refractivity contribution in [3.63, 3.8) is 0 Å². The Kier molecular flexibility index (Phi) is 7.20. The van der Waals surface area contributed by atoms with Crippen LogP contribution < -0.4 is 9.47 Å². The SMILES string of the molecule is COc1c(Br)c(Br)c(Br)c(Br)c1Oc1cc(Br)cc(Br)c1C=O. The Bertz CT molecular complexity index is 791. The van der Waals surface area contributed by atoms with E-state index >= 15 is 0 Å². The van der Waals surface area contributed by atoms with Gasteiger partial charge in [0.05, 0.1) is 30.6 Å². The maximum atomic E-state index is 11.4. The highest BCUT2D eigenvalue weighted by molar-refractivity contribution is 9.15. The van der Waals surface area contributed by atoms with E-state index in [9.17, 15) is 4.79 Å². The summed E-state index contributed by atoms with van der Waals surface area (Å²) in [6, 6.07) is 3.49. The van der Waals surface area contributed by atoms with Crippen LogP contribution in [0.15, 0.2) is 39.0 Å². The zero-order valence-electron chi connectivity index (χ0n) is 11.2. The third kappa shape index (κ3) is 4.06. The molecule has 2 aromatic carbocycles. The molecule has 0 N–H and O–H groups in total. The van der Waals surface area contributed by atoms with Crippen molar-refractivity contribution in [3.8, 4) is 17.2 Å². The van der Waals surface area contributed by atoms with E-state index in [1.165, 1.54) is 7.11 Å². The summed E-state index contributed by atoms with van der Waals surface area (Å²) in [6.07, 6.45) is 0.731. The maximum absolute atomic E-state index is 11.4. The van der Waals surface area contributed by atoms with E-state index in [0.717, 1.165) is 19.7 Å². The molecule has 0 fully saturated rings. The monoisotopic (exact) mass is 696 g/mol. The van der Waals surface area contributed by atoms with Gasteiger partial charge in [0, 0.05) is 8.95 Å². The van der Waals surface area contributed by atoms with E-state index in [-0.39, 0.29) is 0 Å². The third-order valence-electron chi connectivity index (χ3n) is 2.77. The van der Waals surface area contributed by atoms with Crippen LogP contribution in [0.1, 0.15) is 10.4 Å². The van der Waals surface area contributed by atoms with Crippen molar-refractivity contribution in [2.45, 2.75) is 0 Å². The molecule has 0 saturated heterocycles. The number of carbonyl (C=O) groups is 1. The first-order chi connectivity index (χ1) is 10.8. The minimum absolute atomic E-state index is 0.390. The second-order valence-electron chi connectivity index (χ2n) is 4.14. The average Bonchev–Trinajstić information content (AvgIpc) is 2.50. The summed E-state index contributed by atoms with van der Waals surface area (Å²) in [4.78, 5) is 11.4. The number of rotatable bonds is 4. The van der Waals surface area contributed by atoms with Gasteiger partial charge in [0.25, 0.3) is 0 Å². The van der Waals surface area contributed by atoms with E-state index in [2.05, 4.69) is 95.6 Å². The summed E-state index contributed by atoms with van der Waals surface area (Å²) in [5.41, 5.74) is 0.400. The molecule has 0 aromatic heterocycles. The molecule has 9 heteroatoms. The number of halogens is 6. The number of hydrogen-bond donors (Lipinski definition) is 0. The molecule has 0 spiro atoms. The van der Waals surface area contributed by atoms with E-state index < -0.39 is 0 Å². The normalized spacial score (nSPS) is 10.6. The molecule has 2 rings (SSSR count). The number of methoxy groups -OCH3 is 1. The Labute approximate surface area is 183 Å². The molecule has 3 nitrogen and oxygen atoms in total. The number of aldehydes is 1. The molecule has 122 valence electrons. The second-order valence-corrected chi connectivity index (χ2v) is 9.08. The Hall–Kier alpha value is 0.590. The van der Waals surface area contributed by atoms with E-state index in [1.807, 2.05) is 0 Å². The summed E-state index contributed by atoms with van der Waals surface area (Å²) in [6.45, 7) is 0. The predicted molar refractivity (Wildman–Crippen MR) is 111 cm³/mol. The quantitative estimate of drug-likeness (QED) is 0.185. The standard InChI is InChI=1S/C14H6Br6O3/c1-22-13-11(19)9(17)10(18)12(20)14(13)23-8-3-5(15)2-7(16)6(8)4-21/h2-4H,1H3. The molecule has 0 radical (unpaired) electrons. The smallest absolute Gasteiger partial charge is 0.185 e. The summed E-state index contributed by atoms with van der Waals surface area (Å²) in [5.74, 6) is 1.31. The van der Waals surface area contributed by atoms with Crippen LogP contribution in [0.2, 0.25) is 0 Å². The van der Waals surface area contributed by atoms with Crippen molar-refractivity contribution in [1.29, 1.82) is 0 Å². The van der Waals surface area contributed by atoms with Gasteiger partial charge in [-0.15, -0.1) is 0 Å². The molecule has 0 aliphatic carbocycles. The highest BCUT2D eigenvalue weighted by Crippen LogP contribution is 2.52. The van der Waals surface area contributed by atoms with Crippen molar-refractivity contribution < 1.29 is 14.3 Å². The van der Waals surface area contributed by atoms with Crippen LogP contribution in [0.4, 0.5) is 0 Å². The van der Waals surface area contributed by atoms with Crippen molar-refractivity contribution in [3.05, 3.63) is 44.5 Å². The lowest BCUT2D eigenvalue weighted by atomic mass is 10.2. The molecule has 0 bridgehead atoms. The summed E-state index contributed by atoms with van der Waals surface area (Å²) in [5, 5.41) is 0. The fraction of sp³-hybridized carbons (Fsp3) is 0.0714. The van der Waals surface area contributed by atoms with Gasteiger partial charge in [-0.2, -0.15) is 0 Å². The van der Waals surface area contributed by atoms with Gasteiger partial charge >= 0.3 is 0 Å². The highest BCUT2D eigenvalue weighted by Gasteiger charge is 2.23. The Morgan fingerprint density at radius 3 is 1.96 bits per heavy atom. The minimum Gasteiger partial charge on any atom is -0.492 e. The van der Waals surface area contributed by atoms with Crippen molar-refractivity contribution in [1.82, 2.24) is 0 Å². The Balaban J connectivity index is 2.68. The molecule has 0 aliphatic heterocycles. The molecule has 0 atom stereocenters. The van der Waals surface area contributed by atoms with Crippen LogP contribution >= 0.6 is 95.6 Å². The van der Waals surface area contributed by atoms with Crippen LogP contribution in [0.5, 0.6) is 17.2 Å². The van der Waals surface area contributed by atoms with Gasteiger partial charge in [0.1, 0.15) is 5.75 Å². The van der Waals surface area contributed by atoms with Crippen LogP contribution in [0.3, 0.4) is 0 Å². The molecular formula is C14H6Br6O3. The largest absolute Gasteiger partial charge is 0.492 e. The minimum atomic E-state index is 0.390. The van der Waals surface area contributed by atoms with E-state index in [0.29, 0.717) is 36.2 Å².